The second-order valence-corrected chi connectivity index (χ2v) is 3.73. The zero-order valence-corrected chi connectivity index (χ0v) is 8.63. The van der Waals surface area contributed by atoms with E-state index in [1.807, 2.05) is 26.1 Å². The van der Waals surface area contributed by atoms with E-state index in [4.69, 9.17) is 0 Å². The molecule has 2 nitrogen and oxygen atoms in total. The van der Waals surface area contributed by atoms with Gasteiger partial charge in [0.1, 0.15) is 0 Å². The quantitative estimate of drug-likeness (QED) is 0.622. The molecular weight excluding hydrogens is 167 g/mol. The summed E-state index contributed by atoms with van der Waals surface area (Å²) in [4.78, 5) is 8.37. The van der Waals surface area contributed by atoms with Crippen molar-refractivity contribution in [2.45, 2.75) is 20.8 Å². The highest BCUT2D eigenvalue weighted by molar-refractivity contribution is 7.37. The van der Waals surface area contributed by atoms with Gasteiger partial charge in [-0.05, 0) is 13.0 Å². The number of hydrogen-bond donors (Lipinski definition) is 0. The molecule has 0 bridgehead atoms. The summed E-state index contributed by atoms with van der Waals surface area (Å²) >= 11 is 0. The van der Waals surface area contributed by atoms with Gasteiger partial charge in [-0.25, -0.2) is 4.98 Å². The fourth-order valence-corrected chi connectivity index (χ4v) is 1.96. The largest absolute Gasteiger partial charge is 0.264 e. The van der Waals surface area contributed by atoms with E-state index in [1.165, 1.54) is 10.5 Å². The van der Waals surface area contributed by atoms with E-state index in [9.17, 15) is 0 Å². The van der Waals surface area contributed by atoms with Crippen LogP contribution in [0.25, 0.3) is 10.6 Å². The molecule has 0 N–H and O–H groups in total. The van der Waals surface area contributed by atoms with Gasteiger partial charge in [-0.3, -0.25) is 4.98 Å². The van der Waals surface area contributed by atoms with E-state index >= 15 is 0 Å². The molecule has 2 heterocycles. The van der Waals surface area contributed by atoms with Crippen molar-refractivity contribution in [3.63, 3.8) is 0 Å². The monoisotopic (exact) mass is 180 g/mol. The minimum absolute atomic E-state index is 0.741. The van der Waals surface area contributed by atoms with Gasteiger partial charge in [0.2, 0.25) is 0 Å². The Balaban J connectivity index is 0.000000336. The predicted octanol–water partition coefficient (Wildman–Crippen LogP) is 3.00. The molecule has 3 heteroatoms. The number of hydrogen-bond acceptors (Lipinski definition) is 2. The van der Waals surface area contributed by atoms with Gasteiger partial charge in [-0.1, -0.05) is 13.8 Å². The molecule has 1 atom stereocenters. The molecule has 12 heavy (non-hydrogen) atoms. The van der Waals surface area contributed by atoms with Crippen LogP contribution >= 0.6 is 8.19 Å². The van der Waals surface area contributed by atoms with Crippen LogP contribution in [-0.2, 0) is 0 Å². The third-order valence-electron chi connectivity index (χ3n) is 1.40. The molecule has 0 radical (unpaired) electrons. The van der Waals surface area contributed by atoms with E-state index in [1.54, 1.807) is 6.20 Å². The SMILES string of the molecule is CC.Cc1nc2ccncc2[pH]1. The van der Waals surface area contributed by atoms with Crippen LogP contribution in [0.2, 0.25) is 0 Å². The summed E-state index contributed by atoms with van der Waals surface area (Å²) in [6, 6.07) is 1.96. The van der Waals surface area contributed by atoms with Crippen molar-refractivity contribution in [2.24, 2.45) is 0 Å². The van der Waals surface area contributed by atoms with Gasteiger partial charge >= 0.3 is 0 Å². The molecule has 2 aromatic heterocycles. The lowest BCUT2D eigenvalue weighted by molar-refractivity contribution is 1.32. The average molecular weight is 180 g/mol. The Labute approximate surface area is 74.1 Å². The Morgan fingerprint density at radius 2 is 2.08 bits per heavy atom. The van der Waals surface area contributed by atoms with E-state index in [-0.39, 0.29) is 0 Å². The van der Waals surface area contributed by atoms with Crippen LogP contribution in [0, 0.1) is 6.92 Å². The first-order chi connectivity index (χ1) is 5.86. The number of aryl methyl sites for hydroxylation is 1. The summed E-state index contributed by atoms with van der Waals surface area (Å²) in [7, 11) is 0.741. The minimum atomic E-state index is 0.741. The summed E-state index contributed by atoms with van der Waals surface area (Å²) in [5, 5.41) is 1.28. The molecule has 0 fully saturated rings. The number of fused-ring (bicyclic) bond motifs is 1. The first-order valence-electron chi connectivity index (χ1n) is 4.12. The van der Waals surface area contributed by atoms with Gasteiger partial charge in [0.25, 0.3) is 0 Å². The van der Waals surface area contributed by atoms with Gasteiger partial charge < -0.3 is 0 Å². The third-order valence-corrected chi connectivity index (χ3v) is 2.53. The van der Waals surface area contributed by atoms with E-state index in [2.05, 4.69) is 16.9 Å². The maximum absolute atomic E-state index is 4.34. The van der Waals surface area contributed by atoms with Crippen molar-refractivity contribution in [3.05, 3.63) is 23.9 Å². The number of pyridine rings is 1. The van der Waals surface area contributed by atoms with Gasteiger partial charge in [0.15, 0.2) is 0 Å². The molecule has 0 aromatic carbocycles. The van der Waals surface area contributed by atoms with Crippen molar-refractivity contribution in [1.29, 1.82) is 0 Å². The van der Waals surface area contributed by atoms with Crippen molar-refractivity contribution in [2.75, 3.05) is 0 Å². The molecule has 1 unspecified atom stereocenters. The molecule has 0 spiro atoms. The Morgan fingerprint density at radius 3 is 2.75 bits per heavy atom. The van der Waals surface area contributed by atoms with Crippen molar-refractivity contribution < 1.29 is 0 Å². The average Bonchev–Trinajstić information content (AvgIpc) is 2.48. The Morgan fingerprint density at radius 1 is 1.33 bits per heavy atom. The molecule has 0 saturated carbocycles. The van der Waals surface area contributed by atoms with Crippen LogP contribution in [0.5, 0.6) is 0 Å². The topological polar surface area (TPSA) is 25.8 Å². The second-order valence-electron chi connectivity index (χ2n) is 2.22. The van der Waals surface area contributed by atoms with Gasteiger partial charge in [-0.15, -0.1) is 8.19 Å². The Hall–Kier alpha value is -0.880. The van der Waals surface area contributed by atoms with Gasteiger partial charge in [-0.2, -0.15) is 0 Å². The van der Waals surface area contributed by atoms with Crippen LogP contribution in [0.1, 0.15) is 19.3 Å². The van der Waals surface area contributed by atoms with Crippen molar-refractivity contribution in [1.82, 2.24) is 9.97 Å². The standard InChI is InChI=1S/C7H7N2P.C2H6/c1-5-9-6-2-3-8-4-7(6)10-5;1-2/h2-4,10H,1H3;1-2H3. The first-order valence-corrected chi connectivity index (χ1v) is 5.12. The molecule has 0 aliphatic rings. The number of rotatable bonds is 0. The smallest absolute Gasteiger partial charge is 0.0777 e. The third kappa shape index (κ3) is 1.83. The summed E-state index contributed by atoms with van der Waals surface area (Å²) in [6.07, 6.45) is 3.68. The summed E-state index contributed by atoms with van der Waals surface area (Å²) in [5.41, 5.74) is 2.31. The summed E-state index contributed by atoms with van der Waals surface area (Å²) in [5.74, 6) is 0. The maximum Gasteiger partial charge on any atom is 0.0777 e. The lowest BCUT2D eigenvalue weighted by atomic mass is 10.4. The predicted molar refractivity (Wildman–Crippen MR) is 55.1 cm³/mol. The molecule has 64 valence electrons. The van der Waals surface area contributed by atoms with E-state index < -0.39 is 0 Å². The number of aromatic nitrogens is 2. The Bertz CT molecular complexity index is 321. The van der Waals surface area contributed by atoms with Crippen LogP contribution in [0.15, 0.2) is 18.5 Å². The molecule has 0 amide bonds. The van der Waals surface area contributed by atoms with Crippen LogP contribution in [0.3, 0.4) is 0 Å². The summed E-state index contributed by atoms with van der Waals surface area (Å²) in [6.45, 7) is 6.05. The lowest BCUT2D eigenvalue weighted by Crippen LogP contribution is -1.68. The highest BCUT2D eigenvalue weighted by Gasteiger charge is 1.94. The lowest BCUT2D eigenvalue weighted by Gasteiger charge is -1.81. The molecule has 0 aliphatic carbocycles. The molecule has 2 rings (SSSR count). The normalized spacial score (nSPS) is 9.92. The molecule has 0 saturated heterocycles. The maximum atomic E-state index is 4.34. The van der Waals surface area contributed by atoms with E-state index in [0.717, 1.165) is 13.7 Å². The van der Waals surface area contributed by atoms with Crippen molar-refractivity contribution >= 4 is 18.8 Å². The molecular formula is C9H13N2P. The molecule has 2 aromatic rings. The first kappa shape index (κ1) is 9.21. The fourth-order valence-electron chi connectivity index (χ4n) is 0.984. The van der Waals surface area contributed by atoms with Crippen LogP contribution in [0.4, 0.5) is 0 Å². The second kappa shape index (κ2) is 4.22. The van der Waals surface area contributed by atoms with Gasteiger partial charge in [0, 0.05) is 17.5 Å². The van der Waals surface area contributed by atoms with E-state index in [0.29, 0.717) is 0 Å². The number of nitrogens with zero attached hydrogens (tertiary/aromatic N) is 2. The minimum Gasteiger partial charge on any atom is -0.264 e. The highest BCUT2D eigenvalue weighted by atomic mass is 31.0. The fraction of sp³-hybridized carbons (Fsp3) is 0.333. The molecule has 0 aliphatic heterocycles. The zero-order chi connectivity index (χ0) is 8.97. The van der Waals surface area contributed by atoms with Crippen LogP contribution in [-0.4, -0.2) is 9.97 Å². The van der Waals surface area contributed by atoms with Crippen LogP contribution < -0.4 is 0 Å². The van der Waals surface area contributed by atoms with Gasteiger partial charge in [0.05, 0.1) is 10.9 Å². The summed E-state index contributed by atoms with van der Waals surface area (Å²) < 4.78 is 0. The highest BCUT2D eigenvalue weighted by Crippen LogP contribution is 2.24. The van der Waals surface area contributed by atoms with Crippen molar-refractivity contribution in [3.8, 4) is 0 Å². The Kier molecular flexibility index (Phi) is 3.24. The zero-order valence-electron chi connectivity index (χ0n) is 7.63.